The second kappa shape index (κ2) is 3.81. The van der Waals surface area contributed by atoms with Crippen LogP contribution in [0, 0.1) is 19.7 Å². The third-order valence-corrected chi connectivity index (χ3v) is 2.36. The Bertz CT molecular complexity index is 492. The molecule has 0 atom stereocenters. The smallest absolute Gasteiger partial charge is 0.126 e. The Morgan fingerprint density at radius 1 is 1.07 bits per heavy atom. The zero-order valence-electron chi connectivity index (χ0n) is 8.79. The standard InChI is InChI=1S/C13H12FN/c1-9-6-7-11(8-12(9)14)13-5-3-4-10(2)15-13/h3-8H,1-2H3. The van der Waals surface area contributed by atoms with Gasteiger partial charge in [0.15, 0.2) is 0 Å². The minimum absolute atomic E-state index is 0.184. The number of pyridine rings is 1. The Kier molecular flexibility index (Phi) is 2.50. The average molecular weight is 201 g/mol. The predicted molar refractivity (Wildman–Crippen MR) is 59.1 cm³/mol. The molecule has 0 aliphatic rings. The summed E-state index contributed by atoms with van der Waals surface area (Å²) in [6.07, 6.45) is 0. The van der Waals surface area contributed by atoms with Crippen LogP contribution in [0.1, 0.15) is 11.3 Å². The van der Waals surface area contributed by atoms with Crippen molar-refractivity contribution in [1.29, 1.82) is 0 Å². The molecule has 0 aliphatic carbocycles. The zero-order valence-corrected chi connectivity index (χ0v) is 8.79. The quantitative estimate of drug-likeness (QED) is 0.688. The van der Waals surface area contributed by atoms with E-state index in [0.29, 0.717) is 5.56 Å². The normalized spacial score (nSPS) is 10.3. The fraction of sp³-hybridized carbons (Fsp3) is 0.154. The van der Waals surface area contributed by atoms with Gasteiger partial charge >= 0.3 is 0 Å². The number of rotatable bonds is 1. The highest BCUT2D eigenvalue weighted by atomic mass is 19.1. The molecule has 15 heavy (non-hydrogen) atoms. The highest BCUT2D eigenvalue weighted by Gasteiger charge is 2.02. The average Bonchev–Trinajstić information content (AvgIpc) is 2.22. The molecule has 0 saturated carbocycles. The number of aryl methyl sites for hydroxylation is 2. The van der Waals surface area contributed by atoms with Crippen molar-refractivity contribution in [2.45, 2.75) is 13.8 Å². The lowest BCUT2D eigenvalue weighted by atomic mass is 10.1. The molecule has 0 saturated heterocycles. The van der Waals surface area contributed by atoms with E-state index in [1.807, 2.05) is 31.2 Å². The van der Waals surface area contributed by atoms with Crippen molar-refractivity contribution in [3.05, 3.63) is 53.5 Å². The Morgan fingerprint density at radius 3 is 2.53 bits per heavy atom. The molecular formula is C13H12FN. The maximum atomic E-state index is 13.3. The van der Waals surface area contributed by atoms with E-state index in [1.165, 1.54) is 6.07 Å². The number of hydrogen-bond acceptors (Lipinski definition) is 1. The number of hydrogen-bond donors (Lipinski definition) is 0. The molecule has 0 radical (unpaired) electrons. The van der Waals surface area contributed by atoms with Gasteiger partial charge in [-0.3, -0.25) is 4.98 Å². The summed E-state index contributed by atoms with van der Waals surface area (Å²) in [6, 6.07) is 10.9. The Balaban J connectivity index is 2.50. The van der Waals surface area contributed by atoms with Gasteiger partial charge in [-0.2, -0.15) is 0 Å². The van der Waals surface area contributed by atoms with E-state index in [2.05, 4.69) is 4.98 Å². The SMILES string of the molecule is Cc1cccc(-c2ccc(C)c(F)c2)n1. The van der Waals surface area contributed by atoms with Crippen LogP contribution in [0.25, 0.3) is 11.3 Å². The van der Waals surface area contributed by atoms with Crippen LogP contribution in [-0.4, -0.2) is 4.98 Å². The molecule has 0 fully saturated rings. The van der Waals surface area contributed by atoms with Crippen LogP contribution < -0.4 is 0 Å². The lowest BCUT2D eigenvalue weighted by Crippen LogP contribution is -1.88. The van der Waals surface area contributed by atoms with Gasteiger partial charge in [-0.1, -0.05) is 18.2 Å². The summed E-state index contributed by atoms with van der Waals surface area (Å²) >= 11 is 0. The van der Waals surface area contributed by atoms with Crippen molar-refractivity contribution < 1.29 is 4.39 Å². The van der Waals surface area contributed by atoms with Crippen LogP contribution in [0.4, 0.5) is 4.39 Å². The number of aromatic nitrogens is 1. The fourth-order valence-corrected chi connectivity index (χ4v) is 1.46. The Labute approximate surface area is 88.6 Å². The number of nitrogens with zero attached hydrogens (tertiary/aromatic N) is 1. The molecule has 0 aliphatic heterocycles. The molecular weight excluding hydrogens is 189 g/mol. The molecule has 0 spiro atoms. The van der Waals surface area contributed by atoms with Crippen molar-refractivity contribution in [1.82, 2.24) is 4.98 Å². The lowest BCUT2D eigenvalue weighted by Gasteiger charge is -2.03. The van der Waals surface area contributed by atoms with Crippen LogP contribution in [0.15, 0.2) is 36.4 Å². The third kappa shape index (κ3) is 2.04. The minimum atomic E-state index is -0.184. The van der Waals surface area contributed by atoms with Crippen LogP contribution in [-0.2, 0) is 0 Å². The van der Waals surface area contributed by atoms with Crippen LogP contribution in [0.2, 0.25) is 0 Å². The molecule has 0 bridgehead atoms. The monoisotopic (exact) mass is 201 g/mol. The molecule has 1 aromatic carbocycles. The van der Waals surface area contributed by atoms with Gasteiger partial charge in [-0.05, 0) is 37.6 Å². The van der Waals surface area contributed by atoms with Gasteiger partial charge in [-0.25, -0.2) is 4.39 Å². The molecule has 76 valence electrons. The van der Waals surface area contributed by atoms with Gasteiger partial charge in [-0.15, -0.1) is 0 Å². The first kappa shape index (κ1) is 9.84. The van der Waals surface area contributed by atoms with Crippen LogP contribution in [0.5, 0.6) is 0 Å². The van der Waals surface area contributed by atoms with Crippen molar-refractivity contribution in [2.75, 3.05) is 0 Å². The summed E-state index contributed by atoms with van der Waals surface area (Å²) in [6.45, 7) is 3.68. The summed E-state index contributed by atoms with van der Waals surface area (Å²) in [5.74, 6) is -0.184. The van der Waals surface area contributed by atoms with Crippen molar-refractivity contribution in [2.24, 2.45) is 0 Å². The van der Waals surface area contributed by atoms with Crippen molar-refractivity contribution in [3.8, 4) is 11.3 Å². The summed E-state index contributed by atoms with van der Waals surface area (Å²) in [7, 11) is 0. The van der Waals surface area contributed by atoms with Crippen LogP contribution in [0.3, 0.4) is 0 Å². The van der Waals surface area contributed by atoms with E-state index in [4.69, 9.17) is 0 Å². The highest BCUT2D eigenvalue weighted by molar-refractivity contribution is 5.59. The van der Waals surface area contributed by atoms with E-state index in [0.717, 1.165) is 17.0 Å². The molecule has 2 heteroatoms. The highest BCUT2D eigenvalue weighted by Crippen LogP contribution is 2.19. The minimum Gasteiger partial charge on any atom is -0.253 e. The number of benzene rings is 1. The van der Waals surface area contributed by atoms with E-state index in [1.54, 1.807) is 13.0 Å². The van der Waals surface area contributed by atoms with E-state index < -0.39 is 0 Å². The molecule has 0 N–H and O–H groups in total. The van der Waals surface area contributed by atoms with Gasteiger partial charge in [0.2, 0.25) is 0 Å². The maximum Gasteiger partial charge on any atom is 0.126 e. The first-order chi connectivity index (χ1) is 7.16. The van der Waals surface area contributed by atoms with Gasteiger partial charge < -0.3 is 0 Å². The molecule has 2 rings (SSSR count). The Morgan fingerprint density at radius 2 is 1.87 bits per heavy atom. The van der Waals surface area contributed by atoms with Crippen LogP contribution >= 0.6 is 0 Å². The number of halogens is 1. The largest absolute Gasteiger partial charge is 0.253 e. The summed E-state index contributed by atoms with van der Waals surface area (Å²) < 4.78 is 13.3. The van der Waals surface area contributed by atoms with E-state index >= 15 is 0 Å². The first-order valence-electron chi connectivity index (χ1n) is 4.87. The molecule has 0 unspecified atom stereocenters. The fourth-order valence-electron chi connectivity index (χ4n) is 1.46. The Hall–Kier alpha value is -1.70. The van der Waals surface area contributed by atoms with Gasteiger partial charge in [0, 0.05) is 11.3 Å². The van der Waals surface area contributed by atoms with E-state index in [-0.39, 0.29) is 5.82 Å². The molecule has 2 aromatic rings. The van der Waals surface area contributed by atoms with Gasteiger partial charge in [0.1, 0.15) is 5.82 Å². The first-order valence-corrected chi connectivity index (χ1v) is 4.87. The molecule has 1 nitrogen and oxygen atoms in total. The second-order valence-corrected chi connectivity index (χ2v) is 3.63. The third-order valence-electron chi connectivity index (χ3n) is 2.36. The molecule has 1 heterocycles. The second-order valence-electron chi connectivity index (χ2n) is 3.63. The van der Waals surface area contributed by atoms with E-state index in [9.17, 15) is 4.39 Å². The molecule has 1 aromatic heterocycles. The van der Waals surface area contributed by atoms with Gasteiger partial charge in [0.25, 0.3) is 0 Å². The molecule has 0 amide bonds. The summed E-state index contributed by atoms with van der Waals surface area (Å²) in [5.41, 5.74) is 3.23. The van der Waals surface area contributed by atoms with Gasteiger partial charge in [0.05, 0.1) is 5.69 Å². The topological polar surface area (TPSA) is 12.9 Å². The summed E-state index contributed by atoms with van der Waals surface area (Å²) in [4.78, 5) is 4.35. The van der Waals surface area contributed by atoms with Crippen molar-refractivity contribution >= 4 is 0 Å². The van der Waals surface area contributed by atoms with Crippen molar-refractivity contribution in [3.63, 3.8) is 0 Å². The maximum absolute atomic E-state index is 13.3. The lowest BCUT2D eigenvalue weighted by molar-refractivity contribution is 0.619. The predicted octanol–water partition coefficient (Wildman–Crippen LogP) is 3.50. The zero-order chi connectivity index (χ0) is 10.8. The summed E-state index contributed by atoms with van der Waals surface area (Å²) in [5, 5.41) is 0.